The van der Waals surface area contributed by atoms with Gasteiger partial charge in [0, 0.05) is 24.8 Å². The molecular formula is C12H17ClN4O2. The van der Waals surface area contributed by atoms with Crippen molar-refractivity contribution >= 4 is 17.5 Å². The quantitative estimate of drug-likeness (QED) is 0.796. The summed E-state index contributed by atoms with van der Waals surface area (Å²) >= 11 is 5.66. The monoisotopic (exact) mass is 284 g/mol. The van der Waals surface area contributed by atoms with Crippen molar-refractivity contribution in [2.75, 3.05) is 32.8 Å². The summed E-state index contributed by atoms with van der Waals surface area (Å²) in [4.78, 5) is 21.4. The van der Waals surface area contributed by atoms with Crippen LogP contribution in [0.1, 0.15) is 22.5 Å². The number of morpholine rings is 1. The van der Waals surface area contributed by atoms with Crippen molar-refractivity contribution in [3.05, 3.63) is 22.7 Å². The van der Waals surface area contributed by atoms with Gasteiger partial charge in [0.05, 0.1) is 13.2 Å². The molecule has 1 fully saturated rings. The number of carbonyl (C=O) groups excluding carboxylic acids is 1. The number of aryl methyl sites for hydroxylation is 1. The number of aromatic nitrogens is 2. The Bertz CT molecular complexity index is 449. The van der Waals surface area contributed by atoms with Gasteiger partial charge < -0.3 is 10.5 Å². The van der Waals surface area contributed by atoms with E-state index in [9.17, 15) is 4.79 Å². The molecule has 19 heavy (non-hydrogen) atoms. The standard InChI is InChI=1S/C12H17ClN4O2/c13-12-15-8-9(10(16-12)11(14)18)2-1-3-17-4-6-19-7-5-17/h8H,1-7H2,(H2,14,18). The van der Waals surface area contributed by atoms with Crippen LogP contribution in [-0.2, 0) is 11.2 Å². The van der Waals surface area contributed by atoms with Crippen molar-refractivity contribution in [2.45, 2.75) is 12.8 Å². The van der Waals surface area contributed by atoms with Gasteiger partial charge in [-0.15, -0.1) is 0 Å². The molecule has 1 aromatic heterocycles. The second kappa shape index (κ2) is 6.79. The molecule has 6 nitrogen and oxygen atoms in total. The van der Waals surface area contributed by atoms with E-state index in [4.69, 9.17) is 22.1 Å². The summed E-state index contributed by atoms with van der Waals surface area (Å²) in [5, 5.41) is 0.0470. The van der Waals surface area contributed by atoms with Gasteiger partial charge in [-0.25, -0.2) is 9.97 Å². The van der Waals surface area contributed by atoms with Gasteiger partial charge in [-0.2, -0.15) is 0 Å². The molecule has 0 saturated carbocycles. The molecule has 0 unspecified atom stereocenters. The third-order valence-corrected chi connectivity index (χ3v) is 3.27. The molecule has 0 aromatic carbocycles. The van der Waals surface area contributed by atoms with Crippen LogP contribution in [-0.4, -0.2) is 53.6 Å². The lowest BCUT2D eigenvalue weighted by Crippen LogP contribution is -2.37. The van der Waals surface area contributed by atoms with Crippen molar-refractivity contribution in [2.24, 2.45) is 5.73 Å². The molecule has 7 heteroatoms. The van der Waals surface area contributed by atoms with Gasteiger partial charge in [0.1, 0.15) is 5.69 Å². The first kappa shape index (κ1) is 14.2. The molecule has 104 valence electrons. The summed E-state index contributed by atoms with van der Waals surface area (Å²) in [5.74, 6) is -0.564. The van der Waals surface area contributed by atoms with E-state index in [1.807, 2.05) is 0 Å². The molecule has 0 atom stereocenters. The SMILES string of the molecule is NC(=O)c1nc(Cl)ncc1CCCN1CCOCC1. The van der Waals surface area contributed by atoms with Crippen LogP contribution in [0.3, 0.4) is 0 Å². The van der Waals surface area contributed by atoms with E-state index in [1.54, 1.807) is 6.20 Å². The Morgan fingerprint density at radius 2 is 2.21 bits per heavy atom. The molecule has 2 heterocycles. The van der Waals surface area contributed by atoms with Gasteiger partial charge in [-0.1, -0.05) is 0 Å². The molecule has 2 rings (SSSR count). The van der Waals surface area contributed by atoms with E-state index >= 15 is 0 Å². The lowest BCUT2D eigenvalue weighted by molar-refractivity contribution is 0.0374. The van der Waals surface area contributed by atoms with E-state index in [0.717, 1.165) is 44.8 Å². The topological polar surface area (TPSA) is 81.3 Å². The zero-order valence-electron chi connectivity index (χ0n) is 10.6. The summed E-state index contributed by atoms with van der Waals surface area (Å²) in [6.45, 7) is 4.46. The summed E-state index contributed by atoms with van der Waals surface area (Å²) in [7, 11) is 0. The third-order valence-electron chi connectivity index (χ3n) is 3.09. The maximum absolute atomic E-state index is 11.3. The number of amides is 1. The van der Waals surface area contributed by atoms with Crippen molar-refractivity contribution < 1.29 is 9.53 Å². The van der Waals surface area contributed by atoms with Crippen LogP contribution in [0.2, 0.25) is 5.28 Å². The van der Waals surface area contributed by atoms with Crippen LogP contribution in [0, 0.1) is 0 Å². The highest BCUT2D eigenvalue weighted by molar-refractivity contribution is 6.28. The van der Waals surface area contributed by atoms with Crippen molar-refractivity contribution in [3.63, 3.8) is 0 Å². The van der Waals surface area contributed by atoms with Crippen LogP contribution >= 0.6 is 11.6 Å². The Labute approximate surface area is 116 Å². The number of nitrogens with zero attached hydrogens (tertiary/aromatic N) is 3. The van der Waals surface area contributed by atoms with Crippen LogP contribution in [0.25, 0.3) is 0 Å². The average molecular weight is 285 g/mol. The second-order valence-electron chi connectivity index (χ2n) is 4.43. The predicted molar refractivity (Wildman–Crippen MR) is 71.1 cm³/mol. The number of rotatable bonds is 5. The fraction of sp³-hybridized carbons (Fsp3) is 0.583. The summed E-state index contributed by atoms with van der Waals surface area (Å²) in [6, 6.07) is 0. The van der Waals surface area contributed by atoms with E-state index in [0.29, 0.717) is 6.42 Å². The van der Waals surface area contributed by atoms with E-state index < -0.39 is 5.91 Å². The van der Waals surface area contributed by atoms with Crippen molar-refractivity contribution in [1.82, 2.24) is 14.9 Å². The lowest BCUT2D eigenvalue weighted by atomic mass is 10.1. The number of ether oxygens (including phenoxy) is 1. The lowest BCUT2D eigenvalue weighted by Gasteiger charge is -2.26. The van der Waals surface area contributed by atoms with Gasteiger partial charge in [0.15, 0.2) is 0 Å². The number of nitrogens with two attached hydrogens (primary N) is 1. The maximum atomic E-state index is 11.3. The van der Waals surface area contributed by atoms with Crippen molar-refractivity contribution in [1.29, 1.82) is 0 Å². The Balaban J connectivity index is 1.89. The van der Waals surface area contributed by atoms with Crippen LogP contribution < -0.4 is 5.73 Å². The number of hydrogen-bond donors (Lipinski definition) is 1. The molecular weight excluding hydrogens is 268 g/mol. The fourth-order valence-corrected chi connectivity index (χ4v) is 2.23. The first-order valence-electron chi connectivity index (χ1n) is 6.28. The van der Waals surface area contributed by atoms with Crippen LogP contribution in [0.4, 0.5) is 0 Å². The van der Waals surface area contributed by atoms with E-state index in [2.05, 4.69) is 14.9 Å². The second-order valence-corrected chi connectivity index (χ2v) is 4.77. The molecule has 2 N–H and O–H groups in total. The van der Waals surface area contributed by atoms with E-state index in [1.165, 1.54) is 0 Å². The molecule has 0 aliphatic carbocycles. The van der Waals surface area contributed by atoms with Gasteiger partial charge in [0.25, 0.3) is 5.91 Å². The molecule has 0 spiro atoms. The number of hydrogen-bond acceptors (Lipinski definition) is 5. The summed E-state index contributed by atoms with van der Waals surface area (Å²) in [6.07, 6.45) is 3.22. The highest BCUT2D eigenvalue weighted by atomic mass is 35.5. The minimum absolute atomic E-state index is 0.0470. The van der Waals surface area contributed by atoms with Crippen LogP contribution in [0.15, 0.2) is 6.20 Å². The zero-order chi connectivity index (χ0) is 13.7. The Kier molecular flexibility index (Phi) is 5.07. The summed E-state index contributed by atoms with van der Waals surface area (Å²) in [5.41, 5.74) is 6.26. The smallest absolute Gasteiger partial charge is 0.267 e. The molecule has 1 saturated heterocycles. The minimum atomic E-state index is -0.564. The Morgan fingerprint density at radius 3 is 2.89 bits per heavy atom. The molecule has 0 radical (unpaired) electrons. The van der Waals surface area contributed by atoms with Gasteiger partial charge in [-0.3, -0.25) is 9.69 Å². The van der Waals surface area contributed by atoms with Gasteiger partial charge >= 0.3 is 0 Å². The van der Waals surface area contributed by atoms with Gasteiger partial charge in [0.2, 0.25) is 5.28 Å². The van der Waals surface area contributed by atoms with Gasteiger partial charge in [-0.05, 0) is 31.0 Å². The highest BCUT2D eigenvalue weighted by Gasteiger charge is 2.13. The highest BCUT2D eigenvalue weighted by Crippen LogP contribution is 2.11. The first-order chi connectivity index (χ1) is 9.16. The number of halogens is 1. The molecule has 0 bridgehead atoms. The minimum Gasteiger partial charge on any atom is -0.379 e. The Hall–Kier alpha value is -1.24. The number of carbonyl (C=O) groups is 1. The molecule has 1 aliphatic heterocycles. The first-order valence-corrected chi connectivity index (χ1v) is 6.66. The van der Waals surface area contributed by atoms with Crippen molar-refractivity contribution in [3.8, 4) is 0 Å². The largest absolute Gasteiger partial charge is 0.379 e. The average Bonchev–Trinajstić information content (AvgIpc) is 2.41. The molecule has 1 aromatic rings. The zero-order valence-corrected chi connectivity index (χ0v) is 11.4. The molecule has 1 aliphatic rings. The predicted octanol–water partition coefficient (Wildman–Crippen LogP) is 0.494. The van der Waals surface area contributed by atoms with E-state index in [-0.39, 0.29) is 11.0 Å². The normalized spacial score (nSPS) is 16.5. The van der Waals surface area contributed by atoms with Crippen LogP contribution in [0.5, 0.6) is 0 Å². The fourth-order valence-electron chi connectivity index (χ4n) is 2.10. The number of primary amides is 1. The maximum Gasteiger partial charge on any atom is 0.267 e. The molecule has 1 amide bonds. The summed E-state index contributed by atoms with van der Waals surface area (Å²) < 4.78 is 5.29. The Morgan fingerprint density at radius 1 is 1.47 bits per heavy atom. The third kappa shape index (κ3) is 4.12.